The normalized spacial score (nSPS) is 31.2. The first-order chi connectivity index (χ1) is 9.25. The lowest BCUT2D eigenvalue weighted by Gasteiger charge is -2.11. The van der Waals surface area contributed by atoms with Crippen LogP contribution in [-0.2, 0) is 4.79 Å². The van der Waals surface area contributed by atoms with E-state index in [0.717, 1.165) is 44.3 Å². The Morgan fingerprint density at radius 3 is 3.05 bits per heavy atom. The lowest BCUT2D eigenvalue weighted by molar-refractivity contribution is -0.122. The van der Waals surface area contributed by atoms with E-state index in [0.29, 0.717) is 5.92 Å². The molecule has 0 radical (unpaired) electrons. The van der Waals surface area contributed by atoms with Crippen molar-refractivity contribution >= 4 is 5.91 Å². The molecule has 1 aromatic heterocycles. The molecule has 0 unspecified atom stereocenters. The molecule has 3 atom stereocenters. The number of nitrogens with two attached hydrogens (primary N) is 1. The Bertz CT molecular complexity index is 474. The molecule has 1 fully saturated rings. The summed E-state index contributed by atoms with van der Waals surface area (Å²) in [6.07, 6.45) is 7.01. The van der Waals surface area contributed by atoms with Gasteiger partial charge in [-0.15, -0.1) is 0 Å². The van der Waals surface area contributed by atoms with Crippen molar-refractivity contribution in [2.75, 3.05) is 6.54 Å². The van der Waals surface area contributed by atoms with Crippen LogP contribution in [0, 0.1) is 5.92 Å². The molecular weight excluding hydrogens is 238 g/mol. The summed E-state index contributed by atoms with van der Waals surface area (Å²) in [4.78, 5) is 16.4. The van der Waals surface area contributed by atoms with E-state index in [9.17, 15) is 4.79 Å². The van der Waals surface area contributed by atoms with E-state index in [1.54, 1.807) is 0 Å². The highest BCUT2D eigenvalue weighted by Crippen LogP contribution is 2.47. The lowest BCUT2D eigenvalue weighted by atomic mass is 10.0. The maximum Gasteiger partial charge on any atom is 0.223 e. The number of fused-ring (bicyclic) bond motifs is 4. The van der Waals surface area contributed by atoms with Crippen LogP contribution in [0.2, 0.25) is 0 Å². The average Bonchev–Trinajstić information content (AvgIpc) is 3.22. The minimum absolute atomic E-state index is 0.0292. The van der Waals surface area contributed by atoms with Gasteiger partial charge in [0.1, 0.15) is 0 Å². The van der Waals surface area contributed by atoms with E-state index in [-0.39, 0.29) is 17.9 Å². The molecule has 2 heterocycles. The number of hydrogen-bond donors (Lipinski definition) is 2. The van der Waals surface area contributed by atoms with E-state index in [1.807, 2.05) is 12.3 Å². The fourth-order valence-electron chi connectivity index (χ4n) is 2.91. The molecule has 0 spiro atoms. The van der Waals surface area contributed by atoms with Crippen molar-refractivity contribution in [3.05, 3.63) is 29.6 Å². The van der Waals surface area contributed by atoms with Crippen molar-refractivity contribution in [3.63, 3.8) is 0 Å². The summed E-state index contributed by atoms with van der Waals surface area (Å²) in [5, 5.41) is 3.05. The van der Waals surface area contributed by atoms with Gasteiger partial charge in [-0.1, -0.05) is 12.8 Å². The maximum atomic E-state index is 12.0. The monoisotopic (exact) mass is 259 g/mol. The van der Waals surface area contributed by atoms with E-state index in [4.69, 9.17) is 5.73 Å². The summed E-state index contributed by atoms with van der Waals surface area (Å²) < 4.78 is 0. The van der Waals surface area contributed by atoms with Gasteiger partial charge in [0, 0.05) is 24.7 Å². The summed E-state index contributed by atoms with van der Waals surface area (Å²) in [6, 6.07) is 4.15. The zero-order chi connectivity index (χ0) is 13.2. The number of rotatable bonds is 0. The third-order valence-corrected chi connectivity index (χ3v) is 4.23. The fourth-order valence-corrected chi connectivity index (χ4v) is 2.91. The molecule has 2 aliphatic rings. The van der Waals surface area contributed by atoms with E-state index in [2.05, 4.69) is 16.4 Å². The van der Waals surface area contributed by atoms with Crippen LogP contribution in [0.1, 0.15) is 55.3 Å². The Morgan fingerprint density at radius 2 is 2.16 bits per heavy atom. The number of carbonyl (C=O) groups is 1. The van der Waals surface area contributed by atoms with Crippen LogP contribution in [0.5, 0.6) is 0 Å². The van der Waals surface area contributed by atoms with Gasteiger partial charge in [-0.3, -0.25) is 9.78 Å². The largest absolute Gasteiger partial charge is 0.356 e. The Kier molecular flexibility index (Phi) is 3.51. The molecule has 4 nitrogen and oxygen atoms in total. The molecule has 1 amide bonds. The van der Waals surface area contributed by atoms with Gasteiger partial charge in [-0.2, -0.15) is 0 Å². The smallest absolute Gasteiger partial charge is 0.223 e. The van der Waals surface area contributed by atoms with Gasteiger partial charge >= 0.3 is 0 Å². The van der Waals surface area contributed by atoms with E-state index in [1.165, 1.54) is 5.56 Å². The molecule has 3 N–H and O–H groups in total. The number of aromatic nitrogens is 1. The zero-order valence-electron chi connectivity index (χ0n) is 11.1. The first kappa shape index (κ1) is 12.6. The molecule has 1 aliphatic heterocycles. The number of pyridine rings is 1. The summed E-state index contributed by atoms with van der Waals surface area (Å²) in [6.45, 7) is 0.799. The Morgan fingerprint density at radius 1 is 1.26 bits per heavy atom. The van der Waals surface area contributed by atoms with Crippen LogP contribution in [0.4, 0.5) is 0 Å². The summed E-state index contributed by atoms with van der Waals surface area (Å²) in [5.41, 5.74) is 8.40. The number of hydrogen-bond acceptors (Lipinski definition) is 3. The van der Waals surface area contributed by atoms with Gasteiger partial charge in [0.25, 0.3) is 0 Å². The summed E-state index contributed by atoms with van der Waals surface area (Å²) in [5.74, 6) is 0.744. The third-order valence-electron chi connectivity index (χ3n) is 4.23. The number of nitrogens with zero attached hydrogens (tertiary/aromatic N) is 1. The van der Waals surface area contributed by atoms with Crippen LogP contribution in [-0.4, -0.2) is 17.4 Å². The molecule has 3 rings (SSSR count). The predicted molar refractivity (Wildman–Crippen MR) is 73.5 cm³/mol. The molecule has 4 heteroatoms. The highest BCUT2D eigenvalue weighted by atomic mass is 16.2. The average molecular weight is 259 g/mol. The van der Waals surface area contributed by atoms with Gasteiger partial charge in [0.15, 0.2) is 0 Å². The number of carbonyl (C=O) groups excluding carboxylic acids is 1. The van der Waals surface area contributed by atoms with Crippen LogP contribution in [0.15, 0.2) is 18.3 Å². The summed E-state index contributed by atoms with van der Waals surface area (Å²) in [7, 11) is 0. The first-order valence-corrected chi connectivity index (χ1v) is 7.25. The highest BCUT2D eigenvalue weighted by Gasteiger charge is 2.43. The Hall–Kier alpha value is -1.42. The molecule has 0 saturated heterocycles. The first-order valence-electron chi connectivity index (χ1n) is 7.25. The molecule has 2 bridgehead atoms. The predicted octanol–water partition coefficient (Wildman–Crippen LogP) is 1.88. The van der Waals surface area contributed by atoms with Crippen LogP contribution in [0.3, 0.4) is 0 Å². The Labute approximate surface area is 113 Å². The lowest BCUT2D eigenvalue weighted by Crippen LogP contribution is -2.26. The van der Waals surface area contributed by atoms with Crippen molar-refractivity contribution < 1.29 is 4.79 Å². The number of nitrogens with one attached hydrogen (secondary N) is 1. The minimum atomic E-state index is 0.0292. The van der Waals surface area contributed by atoms with Gasteiger partial charge in [-0.05, 0) is 42.9 Å². The second kappa shape index (κ2) is 5.29. The molecule has 102 valence electrons. The fraction of sp³-hybridized carbons (Fsp3) is 0.600. The van der Waals surface area contributed by atoms with E-state index < -0.39 is 0 Å². The van der Waals surface area contributed by atoms with Crippen molar-refractivity contribution in [3.8, 4) is 0 Å². The van der Waals surface area contributed by atoms with Crippen LogP contribution >= 0.6 is 0 Å². The zero-order valence-corrected chi connectivity index (χ0v) is 11.1. The van der Waals surface area contributed by atoms with Gasteiger partial charge in [0.2, 0.25) is 5.91 Å². The molecular formula is C15H21N3O. The van der Waals surface area contributed by atoms with Crippen molar-refractivity contribution in [1.29, 1.82) is 0 Å². The standard InChI is InChI=1S/C15H21N3O/c16-13-4-2-1-3-6-18-15(19)12-9-11(12)10-5-7-17-14(13)8-10/h5,7-8,11-13H,1-4,6,9,16H2,(H,18,19)/t11-,12-,13-/m0/s1. The second-order valence-electron chi connectivity index (χ2n) is 5.71. The molecule has 0 aromatic carbocycles. The van der Waals surface area contributed by atoms with Crippen molar-refractivity contribution in [2.45, 2.75) is 44.1 Å². The minimum Gasteiger partial charge on any atom is -0.356 e. The Balaban J connectivity index is 1.82. The van der Waals surface area contributed by atoms with Gasteiger partial charge in [-0.25, -0.2) is 0 Å². The molecule has 1 saturated carbocycles. The molecule has 19 heavy (non-hydrogen) atoms. The SMILES string of the molecule is N[C@H]1CCCCCNC(=O)[C@H]2C[C@H]2c2ccnc1c2. The molecule has 1 aromatic rings. The van der Waals surface area contributed by atoms with Crippen molar-refractivity contribution in [1.82, 2.24) is 10.3 Å². The maximum absolute atomic E-state index is 12.0. The molecule has 1 aliphatic carbocycles. The van der Waals surface area contributed by atoms with Crippen LogP contribution in [0.25, 0.3) is 0 Å². The van der Waals surface area contributed by atoms with Gasteiger partial charge < -0.3 is 11.1 Å². The van der Waals surface area contributed by atoms with E-state index >= 15 is 0 Å². The quantitative estimate of drug-likeness (QED) is 0.747. The summed E-state index contributed by atoms with van der Waals surface area (Å²) >= 11 is 0. The third kappa shape index (κ3) is 2.78. The number of amides is 1. The second-order valence-corrected chi connectivity index (χ2v) is 5.71. The highest BCUT2D eigenvalue weighted by molar-refractivity contribution is 5.82. The van der Waals surface area contributed by atoms with Crippen LogP contribution < -0.4 is 11.1 Å². The van der Waals surface area contributed by atoms with Gasteiger partial charge in [0.05, 0.1) is 5.69 Å². The van der Waals surface area contributed by atoms with Crippen molar-refractivity contribution in [2.24, 2.45) is 11.7 Å². The topological polar surface area (TPSA) is 68.0 Å².